The van der Waals surface area contributed by atoms with E-state index in [0.717, 1.165) is 17.0 Å². The Labute approximate surface area is 173 Å². The number of aryl methyl sites for hydroxylation is 1. The van der Waals surface area contributed by atoms with E-state index in [2.05, 4.69) is 5.32 Å². The van der Waals surface area contributed by atoms with Gasteiger partial charge in [0.15, 0.2) is 0 Å². The maximum Gasteiger partial charge on any atom is 0.341 e. The molecule has 1 atom stereocenters. The van der Waals surface area contributed by atoms with Crippen LogP contribution >= 0.6 is 11.3 Å². The first-order chi connectivity index (χ1) is 14.0. The zero-order valence-corrected chi connectivity index (χ0v) is 17.5. The van der Waals surface area contributed by atoms with Gasteiger partial charge in [-0.2, -0.15) is 0 Å². The summed E-state index contributed by atoms with van der Waals surface area (Å²) < 4.78 is 10.2. The van der Waals surface area contributed by atoms with Crippen molar-refractivity contribution >= 4 is 39.8 Å². The van der Waals surface area contributed by atoms with Crippen molar-refractivity contribution in [3.05, 3.63) is 40.8 Å². The predicted octanol–water partition coefficient (Wildman–Crippen LogP) is 3.49. The molecule has 1 saturated heterocycles. The third kappa shape index (κ3) is 4.59. The summed E-state index contributed by atoms with van der Waals surface area (Å²) in [6, 6.07) is 8.90. The molecule has 0 unspecified atom stereocenters. The Hall–Kier alpha value is -2.87. The largest absolute Gasteiger partial charge is 0.497 e. The highest BCUT2D eigenvalue weighted by molar-refractivity contribution is 7.16. The number of ether oxygens (including phenoxy) is 2. The third-order valence-electron chi connectivity index (χ3n) is 4.74. The van der Waals surface area contributed by atoms with E-state index in [0.29, 0.717) is 16.3 Å². The fraction of sp³-hybridized carbons (Fsp3) is 0.381. The van der Waals surface area contributed by atoms with Crippen LogP contribution in [0.2, 0.25) is 0 Å². The highest BCUT2D eigenvalue weighted by Gasteiger charge is 2.35. The molecule has 2 aromatic rings. The summed E-state index contributed by atoms with van der Waals surface area (Å²) in [5.41, 5.74) is 1.08. The van der Waals surface area contributed by atoms with Crippen molar-refractivity contribution in [2.45, 2.75) is 26.7 Å². The van der Waals surface area contributed by atoms with Crippen LogP contribution in [0.3, 0.4) is 0 Å². The van der Waals surface area contributed by atoms with Crippen LogP contribution in [-0.2, 0) is 20.7 Å². The van der Waals surface area contributed by atoms with Gasteiger partial charge in [0.05, 0.1) is 25.2 Å². The monoisotopic (exact) mass is 416 g/mol. The normalized spacial score (nSPS) is 16.0. The number of anilines is 2. The lowest BCUT2D eigenvalue weighted by atomic mass is 10.1. The zero-order valence-electron chi connectivity index (χ0n) is 16.7. The number of rotatable bonds is 7. The van der Waals surface area contributed by atoms with Gasteiger partial charge in [-0.25, -0.2) is 4.79 Å². The number of carbonyl (C=O) groups excluding carboxylic acids is 3. The van der Waals surface area contributed by atoms with Crippen molar-refractivity contribution in [3.63, 3.8) is 0 Å². The van der Waals surface area contributed by atoms with Gasteiger partial charge in [0, 0.05) is 23.5 Å². The molecule has 0 aliphatic carbocycles. The SMILES string of the molecule is CCOC(=O)c1cc(CC)sc1NC(=O)[C@H]1CC(=O)N(c2ccc(OC)cc2)C1. The Kier molecular flexibility index (Phi) is 6.53. The summed E-state index contributed by atoms with van der Waals surface area (Å²) in [5.74, 6) is -0.635. The van der Waals surface area contributed by atoms with E-state index in [-0.39, 0.29) is 31.4 Å². The summed E-state index contributed by atoms with van der Waals surface area (Å²) in [7, 11) is 1.58. The van der Waals surface area contributed by atoms with Gasteiger partial charge in [-0.15, -0.1) is 11.3 Å². The van der Waals surface area contributed by atoms with Crippen molar-refractivity contribution in [2.75, 3.05) is 30.5 Å². The first-order valence-corrected chi connectivity index (χ1v) is 10.3. The molecule has 7 nitrogen and oxygen atoms in total. The molecule has 0 saturated carbocycles. The molecular weight excluding hydrogens is 392 g/mol. The highest BCUT2D eigenvalue weighted by atomic mass is 32.1. The molecule has 2 amide bonds. The second-order valence-corrected chi connectivity index (χ2v) is 7.76. The molecule has 154 valence electrons. The minimum Gasteiger partial charge on any atom is -0.497 e. The zero-order chi connectivity index (χ0) is 21.0. The van der Waals surface area contributed by atoms with Gasteiger partial charge in [0.1, 0.15) is 10.8 Å². The number of nitrogens with zero attached hydrogens (tertiary/aromatic N) is 1. The Morgan fingerprint density at radius 3 is 2.59 bits per heavy atom. The molecule has 8 heteroatoms. The number of carbonyl (C=O) groups is 3. The van der Waals surface area contributed by atoms with E-state index in [1.807, 2.05) is 6.92 Å². The molecule has 29 heavy (non-hydrogen) atoms. The number of esters is 1. The minimum absolute atomic E-state index is 0.110. The first-order valence-electron chi connectivity index (χ1n) is 9.51. The van der Waals surface area contributed by atoms with Gasteiger partial charge >= 0.3 is 5.97 Å². The molecule has 0 radical (unpaired) electrons. The van der Waals surface area contributed by atoms with Crippen LogP contribution in [0.5, 0.6) is 5.75 Å². The first kappa shape index (κ1) is 20.9. The summed E-state index contributed by atoms with van der Waals surface area (Å²) in [6.45, 7) is 4.27. The second kappa shape index (κ2) is 9.09. The smallest absolute Gasteiger partial charge is 0.341 e. The molecule has 2 heterocycles. The molecule has 1 fully saturated rings. The van der Waals surface area contributed by atoms with Crippen LogP contribution in [0.25, 0.3) is 0 Å². The Morgan fingerprint density at radius 2 is 1.97 bits per heavy atom. The number of hydrogen-bond acceptors (Lipinski definition) is 6. The van der Waals surface area contributed by atoms with Gasteiger partial charge in [-0.3, -0.25) is 9.59 Å². The van der Waals surface area contributed by atoms with Gasteiger partial charge in [-0.1, -0.05) is 6.92 Å². The lowest BCUT2D eigenvalue weighted by Gasteiger charge is -2.17. The summed E-state index contributed by atoms with van der Waals surface area (Å²) in [5, 5.41) is 3.31. The van der Waals surface area contributed by atoms with Gasteiger partial charge in [0.2, 0.25) is 11.8 Å². The lowest BCUT2D eigenvalue weighted by molar-refractivity contribution is -0.122. The van der Waals surface area contributed by atoms with E-state index >= 15 is 0 Å². The molecule has 1 aromatic heterocycles. The standard InChI is InChI=1S/C21H24N2O5S/c1-4-16-11-17(21(26)28-5-2)20(29-16)22-19(25)13-10-18(24)23(12-13)14-6-8-15(27-3)9-7-14/h6-9,11,13H,4-5,10,12H2,1-3H3,(H,22,25)/t13-/m0/s1. The summed E-state index contributed by atoms with van der Waals surface area (Å²) in [4.78, 5) is 40.0. The van der Waals surface area contributed by atoms with Gasteiger partial charge < -0.3 is 19.7 Å². The average molecular weight is 416 g/mol. The molecular formula is C21H24N2O5S. The van der Waals surface area contributed by atoms with Gasteiger partial charge in [-0.05, 0) is 43.7 Å². The van der Waals surface area contributed by atoms with Crippen molar-refractivity contribution in [3.8, 4) is 5.75 Å². The second-order valence-electron chi connectivity index (χ2n) is 6.62. The molecule has 1 aliphatic rings. The van der Waals surface area contributed by atoms with E-state index in [4.69, 9.17) is 9.47 Å². The Bertz CT molecular complexity index is 906. The van der Waals surface area contributed by atoms with Crippen LogP contribution < -0.4 is 15.0 Å². The molecule has 1 aromatic carbocycles. The Morgan fingerprint density at radius 1 is 1.24 bits per heavy atom. The van der Waals surface area contributed by atoms with Crippen molar-refractivity contribution < 1.29 is 23.9 Å². The molecule has 1 aliphatic heterocycles. The Balaban J connectivity index is 1.72. The number of nitrogens with one attached hydrogen (secondary N) is 1. The van der Waals surface area contributed by atoms with Crippen molar-refractivity contribution in [2.24, 2.45) is 5.92 Å². The summed E-state index contributed by atoms with van der Waals surface area (Å²) >= 11 is 1.36. The van der Waals surface area contributed by atoms with Crippen molar-refractivity contribution in [1.29, 1.82) is 0 Å². The predicted molar refractivity (Wildman–Crippen MR) is 112 cm³/mol. The van der Waals surface area contributed by atoms with Crippen LogP contribution in [0.15, 0.2) is 30.3 Å². The van der Waals surface area contributed by atoms with Crippen LogP contribution in [0.1, 0.15) is 35.5 Å². The quantitative estimate of drug-likeness (QED) is 0.699. The number of benzene rings is 1. The number of methoxy groups -OCH3 is 1. The minimum atomic E-state index is -0.494. The lowest BCUT2D eigenvalue weighted by Crippen LogP contribution is -2.28. The molecule has 0 spiro atoms. The van der Waals surface area contributed by atoms with E-state index < -0.39 is 11.9 Å². The number of hydrogen-bond donors (Lipinski definition) is 1. The van der Waals surface area contributed by atoms with E-state index in [1.54, 1.807) is 49.3 Å². The number of thiophene rings is 1. The van der Waals surface area contributed by atoms with Crippen LogP contribution in [-0.4, -0.2) is 38.0 Å². The molecule has 3 rings (SSSR count). The highest BCUT2D eigenvalue weighted by Crippen LogP contribution is 2.32. The maximum atomic E-state index is 12.8. The van der Waals surface area contributed by atoms with E-state index in [1.165, 1.54) is 11.3 Å². The van der Waals surface area contributed by atoms with Gasteiger partial charge in [0.25, 0.3) is 0 Å². The fourth-order valence-corrected chi connectivity index (χ4v) is 4.17. The number of amides is 2. The maximum absolute atomic E-state index is 12.8. The molecule has 0 bridgehead atoms. The topological polar surface area (TPSA) is 84.9 Å². The average Bonchev–Trinajstić information content (AvgIpc) is 3.31. The summed E-state index contributed by atoms with van der Waals surface area (Å²) in [6.07, 6.45) is 0.874. The van der Waals surface area contributed by atoms with Crippen LogP contribution in [0, 0.1) is 5.92 Å². The fourth-order valence-electron chi connectivity index (χ4n) is 3.18. The third-order valence-corrected chi connectivity index (χ3v) is 5.94. The van der Waals surface area contributed by atoms with E-state index in [9.17, 15) is 14.4 Å². The molecule has 1 N–H and O–H groups in total. The van der Waals surface area contributed by atoms with Crippen molar-refractivity contribution in [1.82, 2.24) is 0 Å². The van der Waals surface area contributed by atoms with Crippen LogP contribution in [0.4, 0.5) is 10.7 Å².